The van der Waals surface area contributed by atoms with E-state index in [1.165, 1.54) is 11.3 Å². The Hall–Kier alpha value is -2.64. The van der Waals surface area contributed by atoms with Gasteiger partial charge in [-0.2, -0.15) is 5.10 Å². The van der Waals surface area contributed by atoms with Gasteiger partial charge < -0.3 is 9.47 Å². The molecule has 0 radical (unpaired) electrons. The minimum Gasteiger partial charge on any atom is -0.490 e. The summed E-state index contributed by atoms with van der Waals surface area (Å²) < 4.78 is 11.5. The average molecular weight is 386 g/mol. The monoisotopic (exact) mass is 386 g/mol. The van der Waals surface area contributed by atoms with E-state index in [-0.39, 0.29) is 5.91 Å². The van der Waals surface area contributed by atoms with Crippen LogP contribution in [0.15, 0.2) is 58.3 Å². The molecule has 5 nitrogen and oxygen atoms in total. The van der Waals surface area contributed by atoms with E-state index < -0.39 is 0 Å². The summed E-state index contributed by atoms with van der Waals surface area (Å²) in [4.78, 5) is 13.6. The molecule has 0 fully saturated rings. The Morgan fingerprint density at radius 2 is 1.96 bits per heavy atom. The molecule has 7 heteroatoms. The highest BCUT2D eigenvalue weighted by atomic mass is 32.1. The molecule has 0 saturated carbocycles. The van der Waals surface area contributed by atoms with Crippen LogP contribution >= 0.6 is 22.7 Å². The standard InChI is InChI=1S/C19H18N2O3S2/c1-2-23-17-11-14(12-20-21-19(22)18-6-4-10-26-18)7-8-16(17)24-13-15-5-3-9-25-15/h3-12H,2,13H2,1H3,(H,21,22)/b20-12-. The predicted octanol–water partition coefficient (Wildman–Crippen LogP) is 4.55. The van der Waals surface area contributed by atoms with Gasteiger partial charge in [0.1, 0.15) is 6.61 Å². The summed E-state index contributed by atoms with van der Waals surface area (Å²) >= 11 is 3.02. The van der Waals surface area contributed by atoms with E-state index in [0.29, 0.717) is 29.6 Å². The van der Waals surface area contributed by atoms with Crippen LogP contribution < -0.4 is 14.9 Å². The van der Waals surface area contributed by atoms with Gasteiger partial charge in [0.25, 0.3) is 5.91 Å². The molecule has 1 amide bonds. The quantitative estimate of drug-likeness (QED) is 0.456. The van der Waals surface area contributed by atoms with Crippen molar-refractivity contribution in [3.8, 4) is 11.5 Å². The van der Waals surface area contributed by atoms with Crippen LogP contribution in [0.25, 0.3) is 0 Å². The van der Waals surface area contributed by atoms with Crippen LogP contribution in [0.4, 0.5) is 0 Å². The maximum absolute atomic E-state index is 11.9. The minimum atomic E-state index is -0.225. The van der Waals surface area contributed by atoms with Crippen molar-refractivity contribution in [3.63, 3.8) is 0 Å². The van der Waals surface area contributed by atoms with Gasteiger partial charge in [-0.3, -0.25) is 4.79 Å². The lowest BCUT2D eigenvalue weighted by atomic mass is 10.2. The number of ether oxygens (including phenoxy) is 2. The molecular formula is C19H18N2O3S2. The summed E-state index contributed by atoms with van der Waals surface area (Å²) in [5.41, 5.74) is 3.32. The Bertz CT molecular complexity index is 859. The fourth-order valence-corrected chi connectivity index (χ4v) is 3.39. The summed E-state index contributed by atoms with van der Waals surface area (Å²) in [7, 11) is 0. The summed E-state index contributed by atoms with van der Waals surface area (Å²) in [6, 6.07) is 13.2. The van der Waals surface area contributed by atoms with Crippen LogP contribution in [0.3, 0.4) is 0 Å². The first kappa shape index (κ1) is 18.2. The van der Waals surface area contributed by atoms with Crippen LogP contribution in [0.1, 0.15) is 27.0 Å². The lowest BCUT2D eigenvalue weighted by Gasteiger charge is -2.12. The van der Waals surface area contributed by atoms with Crippen LogP contribution in [0, 0.1) is 0 Å². The molecule has 3 rings (SSSR count). The normalized spacial score (nSPS) is 10.8. The molecule has 0 aliphatic heterocycles. The van der Waals surface area contributed by atoms with Crippen LogP contribution in [-0.4, -0.2) is 18.7 Å². The Morgan fingerprint density at radius 3 is 2.69 bits per heavy atom. The molecule has 0 saturated heterocycles. The van der Waals surface area contributed by atoms with Crippen LogP contribution in [0.5, 0.6) is 11.5 Å². The van der Waals surface area contributed by atoms with Gasteiger partial charge in [0.05, 0.1) is 17.7 Å². The molecule has 3 aromatic rings. The second kappa shape index (κ2) is 9.17. The van der Waals surface area contributed by atoms with E-state index in [4.69, 9.17) is 9.47 Å². The maximum atomic E-state index is 11.9. The van der Waals surface area contributed by atoms with Gasteiger partial charge in [-0.25, -0.2) is 5.43 Å². The summed E-state index contributed by atoms with van der Waals surface area (Å²) in [5, 5.41) is 7.87. The Balaban J connectivity index is 1.65. The molecule has 0 atom stereocenters. The fraction of sp³-hybridized carbons (Fsp3) is 0.158. The van der Waals surface area contributed by atoms with E-state index in [0.717, 1.165) is 10.4 Å². The molecule has 1 aromatic carbocycles. The number of hydrogen-bond donors (Lipinski definition) is 1. The zero-order chi connectivity index (χ0) is 18.2. The van der Waals surface area contributed by atoms with Gasteiger partial charge in [-0.05, 0) is 53.6 Å². The zero-order valence-corrected chi connectivity index (χ0v) is 15.8. The first-order valence-electron chi connectivity index (χ1n) is 8.05. The summed E-state index contributed by atoms with van der Waals surface area (Å²) in [6.45, 7) is 2.96. The number of carbonyl (C=O) groups is 1. The molecule has 1 N–H and O–H groups in total. The Labute approximate surface area is 159 Å². The molecule has 26 heavy (non-hydrogen) atoms. The predicted molar refractivity (Wildman–Crippen MR) is 106 cm³/mol. The van der Waals surface area contributed by atoms with Gasteiger partial charge in [0, 0.05) is 4.88 Å². The van der Waals surface area contributed by atoms with Gasteiger partial charge >= 0.3 is 0 Å². The van der Waals surface area contributed by atoms with Gasteiger partial charge in [0.15, 0.2) is 11.5 Å². The number of hydrogen-bond acceptors (Lipinski definition) is 6. The molecule has 134 valence electrons. The van der Waals surface area contributed by atoms with E-state index in [1.54, 1.807) is 23.6 Å². The highest BCUT2D eigenvalue weighted by Crippen LogP contribution is 2.29. The molecule has 2 heterocycles. The zero-order valence-electron chi connectivity index (χ0n) is 14.2. The Kier molecular flexibility index (Phi) is 6.40. The van der Waals surface area contributed by atoms with E-state index in [1.807, 2.05) is 54.1 Å². The van der Waals surface area contributed by atoms with Crippen molar-refractivity contribution >= 4 is 34.8 Å². The fourth-order valence-electron chi connectivity index (χ4n) is 2.16. The summed E-state index contributed by atoms with van der Waals surface area (Å²) in [5.74, 6) is 1.11. The van der Waals surface area contributed by atoms with Gasteiger partial charge in [-0.15, -0.1) is 22.7 Å². The number of benzene rings is 1. The highest BCUT2D eigenvalue weighted by Gasteiger charge is 2.07. The SMILES string of the molecule is CCOc1cc(/C=N\NC(=O)c2cccs2)ccc1OCc1cccs1. The average Bonchev–Trinajstić information content (AvgIpc) is 3.35. The van der Waals surface area contributed by atoms with Crippen molar-refractivity contribution in [1.29, 1.82) is 0 Å². The lowest BCUT2D eigenvalue weighted by Crippen LogP contribution is -2.16. The topological polar surface area (TPSA) is 59.9 Å². The van der Waals surface area contributed by atoms with Crippen molar-refractivity contribution in [1.82, 2.24) is 5.43 Å². The largest absolute Gasteiger partial charge is 0.490 e. The van der Waals surface area contributed by atoms with Crippen molar-refractivity contribution in [2.24, 2.45) is 5.10 Å². The van der Waals surface area contributed by atoms with Crippen LogP contribution in [-0.2, 0) is 6.61 Å². The minimum absolute atomic E-state index is 0.225. The number of hydrazone groups is 1. The van der Waals surface area contributed by atoms with E-state index >= 15 is 0 Å². The van der Waals surface area contributed by atoms with E-state index in [9.17, 15) is 4.79 Å². The smallest absolute Gasteiger partial charge is 0.281 e. The molecule has 0 unspecified atom stereocenters. The van der Waals surface area contributed by atoms with E-state index in [2.05, 4.69) is 10.5 Å². The van der Waals surface area contributed by atoms with Crippen molar-refractivity contribution in [3.05, 3.63) is 68.5 Å². The van der Waals surface area contributed by atoms with Gasteiger partial charge in [0.2, 0.25) is 0 Å². The number of amides is 1. The first-order chi connectivity index (χ1) is 12.8. The third-order valence-corrected chi connectivity index (χ3v) is 5.06. The highest BCUT2D eigenvalue weighted by molar-refractivity contribution is 7.12. The first-order valence-corrected chi connectivity index (χ1v) is 9.81. The van der Waals surface area contributed by atoms with Crippen molar-refractivity contribution in [2.75, 3.05) is 6.61 Å². The molecular weight excluding hydrogens is 368 g/mol. The van der Waals surface area contributed by atoms with Crippen molar-refractivity contribution in [2.45, 2.75) is 13.5 Å². The molecule has 0 aliphatic carbocycles. The number of thiophene rings is 2. The number of nitrogens with zero attached hydrogens (tertiary/aromatic N) is 1. The third-order valence-electron chi connectivity index (χ3n) is 3.34. The molecule has 0 aliphatic rings. The van der Waals surface area contributed by atoms with Gasteiger partial charge in [-0.1, -0.05) is 12.1 Å². The Morgan fingerprint density at radius 1 is 1.12 bits per heavy atom. The number of carbonyl (C=O) groups excluding carboxylic acids is 1. The lowest BCUT2D eigenvalue weighted by molar-refractivity contribution is 0.0959. The molecule has 0 bridgehead atoms. The number of nitrogens with one attached hydrogen (secondary N) is 1. The third kappa shape index (κ3) is 4.93. The second-order valence-corrected chi connectivity index (χ2v) is 7.16. The summed E-state index contributed by atoms with van der Waals surface area (Å²) in [6.07, 6.45) is 1.58. The van der Waals surface area contributed by atoms with Crippen LogP contribution in [0.2, 0.25) is 0 Å². The molecule has 2 aromatic heterocycles. The maximum Gasteiger partial charge on any atom is 0.281 e. The second-order valence-electron chi connectivity index (χ2n) is 5.18. The number of rotatable bonds is 8. The molecule has 0 spiro atoms. The van der Waals surface area contributed by atoms with Crippen molar-refractivity contribution < 1.29 is 14.3 Å².